The van der Waals surface area contributed by atoms with Gasteiger partial charge in [0.15, 0.2) is 0 Å². The molecule has 1 fully saturated rings. The molecule has 0 spiro atoms. The molecule has 1 saturated heterocycles. The van der Waals surface area contributed by atoms with Crippen LogP contribution in [-0.2, 0) is 4.79 Å². The summed E-state index contributed by atoms with van der Waals surface area (Å²) in [5.41, 5.74) is 0.700. The molecule has 0 radical (unpaired) electrons. The molecule has 2 atom stereocenters. The highest BCUT2D eigenvalue weighted by atomic mass is 16.4. The Balaban J connectivity index is 1.98. The first-order valence-corrected chi connectivity index (χ1v) is 6.64. The highest BCUT2D eigenvalue weighted by molar-refractivity contribution is 5.94. The van der Waals surface area contributed by atoms with Gasteiger partial charge in [-0.25, -0.2) is 0 Å². The molecule has 0 saturated carbocycles. The molecule has 0 aliphatic carbocycles. The van der Waals surface area contributed by atoms with Crippen molar-refractivity contribution in [2.45, 2.75) is 19.8 Å². The highest BCUT2D eigenvalue weighted by Gasteiger charge is 2.30. The van der Waals surface area contributed by atoms with Crippen LogP contribution in [0.4, 0.5) is 0 Å². The van der Waals surface area contributed by atoms with E-state index in [-0.39, 0.29) is 24.2 Å². The molecule has 1 aromatic rings. The number of likely N-dealkylation sites (tertiary alicyclic amines) is 1. The zero-order valence-corrected chi connectivity index (χ0v) is 11.1. The van der Waals surface area contributed by atoms with E-state index in [0.717, 1.165) is 6.42 Å². The van der Waals surface area contributed by atoms with E-state index in [2.05, 4.69) is 0 Å². The van der Waals surface area contributed by atoms with Crippen LogP contribution in [0.5, 0.6) is 0 Å². The molecule has 19 heavy (non-hydrogen) atoms. The average Bonchev–Trinajstić information content (AvgIpc) is 2.41. The lowest BCUT2D eigenvalue weighted by Gasteiger charge is -2.36. The summed E-state index contributed by atoms with van der Waals surface area (Å²) in [6.07, 6.45) is 0.973. The van der Waals surface area contributed by atoms with Crippen LogP contribution in [0.15, 0.2) is 30.3 Å². The van der Waals surface area contributed by atoms with Gasteiger partial charge in [-0.1, -0.05) is 25.1 Å². The predicted octanol–water partition coefficient (Wildman–Crippen LogP) is 2.26. The maximum Gasteiger partial charge on any atom is 0.303 e. The van der Waals surface area contributed by atoms with Crippen molar-refractivity contribution >= 4 is 11.9 Å². The van der Waals surface area contributed by atoms with Crippen molar-refractivity contribution in [2.24, 2.45) is 11.8 Å². The number of hydrogen-bond donors (Lipinski definition) is 1. The molecule has 102 valence electrons. The molecule has 1 aromatic carbocycles. The fraction of sp³-hybridized carbons (Fsp3) is 0.467. The second-order valence-corrected chi connectivity index (χ2v) is 5.24. The monoisotopic (exact) mass is 261 g/mol. The van der Waals surface area contributed by atoms with E-state index >= 15 is 0 Å². The Kier molecular flexibility index (Phi) is 4.20. The summed E-state index contributed by atoms with van der Waals surface area (Å²) in [7, 11) is 0. The number of carboxylic acids is 1. The number of carbonyl (C=O) groups excluding carboxylic acids is 1. The molecule has 4 heteroatoms. The Hall–Kier alpha value is -1.84. The van der Waals surface area contributed by atoms with Gasteiger partial charge in [-0.15, -0.1) is 0 Å². The van der Waals surface area contributed by atoms with Crippen LogP contribution in [0.1, 0.15) is 30.1 Å². The molecular weight excluding hydrogens is 242 g/mol. The van der Waals surface area contributed by atoms with E-state index in [9.17, 15) is 9.59 Å². The summed E-state index contributed by atoms with van der Waals surface area (Å²) < 4.78 is 0. The number of carbonyl (C=O) groups is 2. The van der Waals surface area contributed by atoms with Crippen LogP contribution >= 0.6 is 0 Å². The number of hydrogen-bond acceptors (Lipinski definition) is 2. The minimum atomic E-state index is -0.750. The van der Waals surface area contributed by atoms with Crippen molar-refractivity contribution in [1.29, 1.82) is 0 Å². The van der Waals surface area contributed by atoms with Crippen molar-refractivity contribution < 1.29 is 14.7 Å². The summed E-state index contributed by atoms with van der Waals surface area (Å²) >= 11 is 0. The second-order valence-electron chi connectivity index (χ2n) is 5.24. The Labute approximate surface area is 113 Å². The Morgan fingerprint density at radius 1 is 1.32 bits per heavy atom. The SMILES string of the molecule is CC1CN(C(=O)c2ccccc2)CCC1CC(=O)O. The van der Waals surface area contributed by atoms with Gasteiger partial charge in [0, 0.05) is 25.1 Å². The molecule has 1 N–H and O–H groups in total. The molecule has 4 nitrogen and oxygen atoms in total. The van der Waals surface area contributed by atoms with Gasteiger partial charge in [0.2, 0.25) is 0 Å². The summed E-state index contributed by atoms with van der Waals surface area (Å²) in [4.78, 5) is 24.9. The van der Waals surface area contributed by atoms with Crippen molar-refractivity contribution in [2.75, 3.05) is 13.1 Å². The molecule has 2 unspecified atom stereocenters. The minimum absolute atomic E-state index is 0.0428. The molecule has 2 rings (SSSR count). The van der Waals surface area contributed by atoms with Gasteiger partial charge in [-0.05, 0) is 30.4 Å². The number of piperidine rings is 1. The van der Waals surface area contributed by atoms with Crippen LogP contribution in [0.2, 0.25) is 0 Å². The largest absolute Gasteiger partial charge is 0.481 e. The van der Waals surface area contributed by atoms with E-state index in [1.165, 1.54) is 0 Å². The molecule has 1 aliphatic rings. The second kappa shape index (κ2) is 5.87. The van der Waals surface area contributed by atoms with Crippen LogP contribution in [0, 0.1) is 11.8 Å². The first-order chi connectivity index (χ1) is 9.08. The predicted molar refractivity (Wildman–Crippen MR) is 71.9 cm³/mol. The number of amides is 1. The maximum atomic E-state index is 12.3. The smallest absolute Gasteiger partial charge is 0.303 e. The van der Waals surface area contributed by atoms with E-state index in [1.807, 2.05) is 42.2 Å². The third-order valence-corrected chi connectivity index (χ3v) is 3.83. The Morgan fingerprint density at radius 3 is 2.58 bits per heavy atom. The topological polar surface area (TPSA) is 57.6 Å². The number of benzene rings is 1. The summed E-state index contributed by atoms with van der Waals surface area (Å²) in [5, 5.41) is 8.86. The third-order valence-electron chi connectivity index (χ3n) is 3.83. The molecule has 1 aliphatic heterocycles. The zero-order valence-electron chi connectivity index (χ0n) is 11.1. The normalized spacial score (nSPS) is 23.1. The first-order valence-electron chi connectivity index (χ1n) is 6.64. The van der Waals surface area contributed by atoms with Crippen molar-refractivity contribution in [3.63, 3.8) is 0 Å². The third kappa shape index (κ3) is 3.34. The van der Waals surface area contributed by atoms with Gasteiger partial charge in [0.25, 0.3) is 5.91 Å². The van der Waals surface area contributed by atoms with E-state index < -0.39 is 5.97 Å². The van der Waals surface area contributed by atoms with Crippen LogP contribution in [-0.4, -0.2) is 35.0 Å². The van der Waals surface area contributed by atoms with Gasteiger partial charge in [-0.2, -0.15) is 0 Å². The molecule has 0 bridgehead atoms. The fourth-order valence-electron chi connectivity index (χ4n) is 2.67. The lowest BCUT2D eigenvalue weighted by Crippen LogP contribution is -2.43. The van der Waals surface area contributed by atoms with E-state index in [0.29, 0.717) is 18.7 Å². The number of nitrogens with zero attached hydrogens (tertiary/aromatic N) is 1. The summed E-state index contributed by atoms with van der Waals surface area (Å²) in [6.45, 7) is 3.32. The Morgan fingerprint density at radius 2 is 2.00 bits per heavy atom. The standard InChI is InChI=1S/C15H19NO3/c1-11-10-16(8-7-13(11)9-14(17)18)15(19)12-5-3-2-4-6-12/h2-6,11,13H,7-10H2,1H3,(H,17,18). The lowest BCUT2D eigenvalue weighted by atomic mass is 9.84. The van der Waals surface area contributed by atoms with Gasteiger partial charge >= 0.3 is 5.97 Å². The van der Waals surface area contributed by atoms with Gasteiger partial charge in [-0.3, -0.25) is 9.59 Å². The molecule has 1 amide bonds. The van der Waals surface area contributed by atoms with Gasteiger partial charge < -0.3 is 10.0 Å². The van der Waals surface area contributed by atoms with Crippen molar-refractivity contribution in [3.05, 3.63) is 35.9 Å². The van der Waals surface area contributed by atoms with E-state index in [1.54, 1.807) is 0 Å². The van der Waals surface area contributed by atoms with Gasteiger partial charge in [0.05, 0.1) is 0 Å². The van der Waals surface area contributed by atoms with Crippen LogP contribution in [0.3, 0.4) is 0 Å². The van der Waals surface area contributed by atoms with Crippen molar-refractivity contribution in [1.82, 2.24) is 4.90 Å². The molecule has 1 heterocycles. The lowest BCUT2D eigenvalue weighted by molar-refractivity contribution is -0.138. The first kappa shape index (κ1) is 13.6. The average molecular weight is 261 g/mol. The maximum absolute atomic E-state index is 12.3. The Bertz CT molecular complexity index is 458. The molecule has 0 aromatic heterocycles. The molecular formula is C15H19NO3. The summed E-state index contributed by atoms with van der Waals surface area (Å²) in [6, 6.07) is 9.23. The number of rotatable bonds is 3. The van der Waals surface area contributed by atoms with Gasteiger partial charge in [0.1, 0.15) is 0 Å². The van der Waals surface area contributed by atoms with Crippen LogP contribution < -0.4 is 0 Å². The minimum Gasteiger partial charge on any atom is -0.481 e. The number of aliphatic carboxylic acids is 1. The number of carboxylic acid groups (broad SMARTS) is 1. The highest BCUT2D eigenvalue weighted by Crippen LogP contribution is 2.27. The van der Waals surface area contributed by atoms with Crippen molar-refractivity contribution in [3.8, 4) is 0 Å². The quantitative estimate of drug-likeness (QED) is 0.908. The van der Waals surface area contributed by atoms with Crippen LogP contribution in [0.25, 0.3) is 0 Å². The fourth-order valence-corrected chi connectivity index (χ4v) is 2.67. The van der Waals surface area contributed by atoms with E-state index in [4.69, 9.17) is 5.11 Å². The zero-order chi connectivity index (χ0) is 13.8. The summed E-state index contributed by atoms with van der Waals surface area (Å²) in [5.74, 6) is -0.296.